The van der Waals surface area contributed by atoms with E-state index in [4.69, 9.17) is 10.00 Å². The van der Waals surface area contributed by atoms with Crippen LogP contribution < -0.4 is 10.1 Å². The molecule has 1 atom stereocenters. The molecule has 1 aromatic carbocycles. The molecule has 0 aliphatic heterocycles. The van der Waals surface area contributed by atoms with E-state index in [0.717, 1.165) is 18.7 Å². The van der Waals surface area contributed by atoms with Gasteiger partial charge in [0.05, 0.1) is 19.2 Å². The Labute approximate surface area is 97.0 Å². The lowest BCUT2D eigenvalue weighted by Gasteiger charge is -2.10. The van der Waals surface area contributed by atoms with Crippen LogP contribution in [-0.2, 0) is 6.42 Å². The standard InChI is InChI=1S/C13H18N2O/c1-10-4-5-13(16-3)12(8-10)6-7-15-11(2)9-14/h4-5,8,11,15H,6-7H2,1-3H3. The number of nitrogens with one attached hydrogen (secondary N) is 1. The van der Waals surface area contributed by atoms with Crippen molar-refractivity contribution in [1.82, 2.24) is 5.32 Å². The molecule has 3 nitrogen and oxygen atoms in total. The van der Waals surface area contributed by atoms with Crippen molar-refractivity contribution in [2.24, 2.45) is 0 Å². The molecule has 0 bridgehead atoms. The van der Waals surface area contributed by atoms with Crippen LogP contribution in [0.5, 0.6) is 5.75 Å². The number of methoxy groups -OCH3 is 1. The lowest BCUT2D eigenvalue weighted by atomic mass is 10.1. The second kappa shape index (κ2) is 6.14. The van der Waals surface area contributed by atoms with E-state index in [-0.39, 0.29) is 6.04 Å². The predicted octanol–water partition coefficient (Wildman–Crippen LogP) is 2.05. The van der Waals surface area contributed by atoms with Crippen LogP contribution in [0.3, 0.4) is 0 Å². The van der Waals surface area contributed by atoms with E-state index < -0.39 is 0 Å². The molecule has 0 radical (unpaired) electrons. The van der Waals surface area contributed by atoms with E-state index in [1.165, 1.54) is 11.1 Å². The molecule has 1 rings (SSSR count). The Morgan fingerprint density at radius 1 is 1.50 bits per heavy atom. The molecule has 16 heavy (non-hydrogen) atoms. The third kappa shape index (κ3) is 3.56. The third-order valence-electron chi connectivity index (χ3n) is 2.47. The molecule has 0 spiro atoms. The first-order chi connectivity index (χ1) is 7.67. The van der Waals surface area contributed by atoms with Crippen molar-refractivity contribution in [1.29, 1.82) is 5.26 Å². The minimum Gasteiger partial charge on any atom is -0.496 e. The molecule has 1 aromatic rings. The van der Waals surface area contributed by atoms with Crippen LogP contribution in [0.1, 0.15) is 18.1 Å². The first kappa shape index (κ1) is 12.5. The highest BCUT2D eigenvalue weighted by Gasteiger charge is 2.04. The predicted molar refractivity (Wildman–Crippen MR) is 64.5 cm³/mol. The fraction of sp³-hybridized carbons (Fsp3) is 0.462. The molecule has 1 N–H and O–H groups in total. The first-order valence-corrected chi connectivity index (χ1v) is 5.44. The lowest BCUT2D eigenvalue weighted by molar-refractivity contribution is 0.409. The molecule has 0 fully saturated rings. The molecule has 0 saturated carbocycles. The molecule has 0 amide bonds. The largest absolute Gasteiger partial charge is 0.496 e. The smallest absolute Gasteiger partial charge is 0.122 e. The topological polar surface area (TPSA) is 45.0 Å². The van der Waals surface area contributed by atoms with Gasteiger partial charge in [-0.3, -0.25) is 0 Å². The van der Waals surface area contributed by atoms with E-state index in [2.05, 4.69) is 24.4 Å². The summed E-state index contributed by atoms with van der Waals surface area (Å²) in [5.74, 6) is 0.914. The fourth-order valence-electron chi connectivity index (χ4n) is 1.57. The zero-order chi connectivity index (χ0) is 12.0. The Balaban J connectivity index is 2.59. The second-order valence-corrected chi connectivity index (χ2v) is 3.87. The van der Waals surface area contributed by atoms with Crippen LogP contribution in [0, 0.1) is 18.3 Å². The Hall–Kier alpha value is -1.53. The maximum Gasteiger partial charge on any atom is 0.122 e. The average Bonchev–Trinajstić information content (AvgIpc) is 2.29. The number of benzene rings is 1. The highest BCUT2D eigenvalue weighted by Crippen LogP contribution is 2.19. The number of nitrogens with zero attached hydrogens (tertiary/aromatic N) is 1. The summed E-state index contributed by atoms with van der Waals surface area (Å²) in [7, 11) is 1.68. The third-order valence-corrected chi connectivity index (χ3v) is 2.47. The summed E-state index contributed by atoms with van der Waals surface area (Å²) in [5, 5.41) is 11.8. The van der Waals surface area contributed by atoms with Crippen molar-refractivity contribution in [2.45, 2.75) is 26.3 Å². The van der Waals surface area contributed by atoms with E-state index in [9.17, 15) is 0 Å². The molecule has 3 heteroatoms. The number of aryl methyl sites for hydroxylation is 1. The van der Waals surface area contributed by atoms with Gasteiger partial charge in [0, 0.05) is 6.54 Å². The van der Waals surface area contributed by atoms with Gasteiger partial charge in [0.15, 0.2) is 0 Å². The van der Waals surface area contributed by atoms with Crippen molar-refractivity contribution in [3.63, 3.8) is 0 Å². The SMILES string of the molecule is COc1ccc(C)cc1CCNC(C)C#N. The van der Waals surface area contributed by atoms with Gasteiger partial charge in [0.25, 0.3) is 0 Å². The number of hydrogen-bond acceptors (Lipinski definition) is 3. The van der Waals surface area contributed by atoms with Gasteiger partial charge < -0.3 is 10.1 Å². The molecule has 0 aliphatic carbocycles. The normalized spacial score (nSPS) is 11.9. The molecule has 0 saturated heterocycles. The van der Waals surface area contributed by atoms with Crippen molar-refractivity contribution >= 4 is 0 Å². The minimum absolute atomic E-state index is 0.101. The van der Waals surface area contributed by atoms with Gasteiger partial charge >= 0.3 is 0 Å². The van der Waals surface area contributed by atoms with Crippen LogP contribution >= 0.6 is 0 Å². The molecule has 0 aliphatic rings. The maximum absolute atomic E-state index is 8.64. The summed E-state index contributed by atoms with van der Waals surface area (Å²) in [6, 6.07) is 8.19. The highest BCUT2D eigenvalue weighted by molar-refractivity contribution is 5.37. The van der Waals surface area contributed by atoms with Gasteiger partial charge in [-0.05, 0) is 31.9 Å². The number of rotatable bonds is 5. The van der Waals surface area contributed by atoms with Crippen LogP contribution in [0.2, 0.25) is 0 Å². The quantitative estimate of drug-likeness (QED) is 0.822. The molecular weight excluding hydrogens is 200 g/mol. The van der Waals surface area contributed by atoms with Crippen LogP contribution in [0.25, 0.3) is 0 Å². The van der Waals surface area contributed by atoms with Crippen LogP contribution in [0.15, 0.2) is 18.2 Å². The molecule has 1 unspecified atom stereocenters. The number of hydrogen-bond donors (Lipinski definition) is 1. The number of nitriles is 1. The zero-order valence-corrected chi connectivity index (χ0v) is 10.1. The average molecular weight is 218 g/mol. The van der Waals surface area contributed by atoms with Crippen molar-refractivity contribution in [3.8, 4) is 11.8 Å². The van der Waals surface area contributed by atoms with E-state index in [1.807, 2.05) is 19.1 Å². The highest BCUT2D eigenvalue weighted by atomic mass is 16.5. The summed E-state index contributed by atoms with van der Waals surface area (Å²) in [4.78, 5) is 0. The van der Waals surface area contributed by atoms with Crippen molar-refractivity contribution in [2.75, 3.05) is 13.7 Å². The van der Waals surface area contributed by atoms with Crippen molar-refractivity contribution in [3.05, 3.63) is 29.3 Å². The summed E-state index contributed by atoms with van der Waals surface area (Å²) in [6.45, 7) is 4.70. The van der Waals surface area contributed by atoms with E-state index in [1.54, 1.807) is 7.11 Å². The van der Waals surface area contributed by atoms with Gasteiger partial charge in [0.1, 0.15) is 5.75 Å². The Morgan fingerprint density at radius 3 is 2.88 bits per heavy atom. The molecule has 86 valence electrons. The second-order valence-electron chi connectivity index (χ2n) is 3.87. The Bertz CT molecular complexity index is 382. The zero-order valence-electron chi connectivity index (χ0n) is 10.1. The summed E-state index contributed by atoms with van der Waals surface area (Å²) in [6.07, 6.45) is 0.872. The van der Waals surface area contributed by atoms with Gasteiger partial charge in [0.2, 0.25) is 0 Å². The van der Waals surface area contributed by atoms with Crippen LogP contribution in [-0.4, -0.2) is 19.7 Å². The van der Waals surface area contributed by atoms with Crippen molar-refractivity contribution < 1.29 is 4.74 Å². The maximum atomic E-state index is 8.64. The molecular formula is C13H18N2O. The van der Waals surface area contributed by atoms with Gasteiger partial charge in [-0.1, -0.05) is 17.7 Å². The summed E-state index contributed by atoms with van der Waals surface area (Å²) in [5.41, 5.74) is 2.41. The summed E-state index contributed by atoms with van der Waals surface area (Å²) >= 11 is 0. The lowest BCUT2D eigenvalue weighted by Crippen LogP contribution is -2.26. The molecule has 0 aromatic heterocycles. The molecule has 0 heterocycles. The van der Waals surface area contributed by atoms with Crippen LogP contribution in [0.4, 0.5) is 0 Å². The fourth-order valence-corrected chi connectivity index (χ4v) is 1.57. The minimum atomic E-state index is -0.101. The monoisotopic (exact) mass is 218 g/mol. The Kier molecular flexibility index (Phi) is 4.81. The van der Waals surface area contributed by atoms with Gasteiger partial charge in [-0.25, -0.2) is 0 Å². The van der Waals surface area contributed by atoms with E-state index >= 15 is 0 Å². The Morgan fingerprint density at radius 2 is 2.25 bits per heavy atom. The van der Waals surface area contributed by atoms with Gasteiger partial charge in [-0.2, -0.15) is 5.26 Å². The first-order valence-electron chi connectivity index (χ1n) is 5.44. The van der Waals surface area contributed by atoms with Gasteiger partial charge in [-0.15, -0.1) is 0 Å². The number of ether oxygens (including phenoxy) is 1. The summed E-state index contributed by atoms with van der Waals surface area (Å²) < 4.78 is 5.29. The van der Waals surface area contributed by atoms with E-state index in [0.29, 0.717) is 0 Å².